The van der Waals surface area contributed by atoms with Crippen molar-refractivity contribution in [3.63, 3.8) is 0 Å². The predicted molar refractivity (Wildman–Crippen MR) is 95.2 cm³/mol. The maximum atomic E-state index is 5.20. The van der Waals surface area contributed by atoms with Gasteiger partial charge in [-0.1, -0.05) is 12.1 Å². The smallest absolute Gasteiger partial charge is 0.222 e. The Morgan fingerprint density at radius 1 is 1.04 bits per heavy atom. The summed E-state index contributed by atoms with van der Waals surface area (Å²) in [5.41, 5.74) is 2.11. The van der Waals surface area contributed by atoms with Crippen molar-refractivity contribution >= 4 is 5.95 Å². The number of piperidine rings is 3. The van der Waals surface area contributed by atoms with E-state index in [2.05, 4.69) is 27.1 Å². The number of benzene rings is 1. The zero-order valence-corrected chi connectivity index (χ0v) is 14.3. The minimum atomic E-state index is 0.458. The molecule has 3 saturated heterocycles. The largest absolute Gasteiger partial charge is 0.497 e. The van der Waals surface area contributed by atoms with Gasteiger partial charge in [0.2, 0.25) is 5.95 Å². The van der Waals surface area contributed by atoms with Crippen LogP contribution in [0.5, 0.6) is 5.75 Å². The molecule has 5 nitrogen and oxygen atoms in total. The van der Waals surface area contributed by atoms with Gasteiger partial charge in [-0.25, -0.2) is 9.97 Å². The summed E-state index contributed by atoms with van der Waals surface area (Å²) in [5.74, 6) is 2.34. The number of aromatic nitrogens is 2. The van der Waals surface area contributed by atoms with Crippen LogP contribution in [0, 0.1) is 5.92 Å². The molecule has 24 heavy (non-hydrogen) atoms. The molecule has 126 valence electrons. The summed E-state index contributed by atoms with van der Waals surface area (Å²) in [5, 5.41) is 3.58. The third-order valence-corrected chi connectivity index (χ3v) is 5.55. The Bertz CT molecular complexity index is 676. The fourth-order valence-corrected chi connectivity index (χ4v) is 4.03. The molecule has 3 aliphatic rings. The van der Waals surface area contributed by atoms with E-state index in [1.807, 2.05) is 36.7 Å². The molecular formula is C19H24N4O. The van der Waals surface area contributed by atoms with E-state index in [0.717, 1.165) is 28.7 Å². The highest BCUT2D eigenvalue weighted by atomic mass is 16.5. The fraction of sp³-hybridized carbons (Fsp3) is 0.474. The van der Waals surface area contributed by atoms with Gasteiger partial charge >= 0.3 is 0 Å². The van der Waals surface area contributed by atoms with Crippen molar-refractivity contribution in [2.75, 3.05) is 25.5 Å². The van der Waals surface area contributed by atoms with Crippen LogP contribution in [-0.4, -0.2) is 47.2 Å². The second kappa shape index (κ2) is 6.40. The molecule has 0 amide bonds. The van der Waals surface area contributed by atoms with Crippen molar-refractivity contribution in [1.29, 1.82) is 0 Å². The molecule has 2 unspecified atom stereocenters. The van der Waals surface area contributed by atoms with Gasteiger partial charge in [-0.2, -0.15) is 0 Å². The molecule has 0 aliphatic carbocycles. The summed E-state index contributed by atoms with van der Waals surface area (Å²) in [6.45, 7) is 4.79. The van der Waals surface area contributed by atoms with Crippen LogP contribution in [0.4, 0.5) is 5.95 Å². The number of methoxy groups -OCH3 is 1. The van der Waals surface area contributed by atoms with E-state index in [9.17, 15) is 0 Å². The van der Waals surface area contributed by atoms with Crippen LogP contribution >= 0.6 is 0 Å². The van der Waals surface area contributed by atoms with Gasteiger partial charge in [0.1, 0.15) is 5.75 Å². The van der Waals surface area contributed by atoms with Crippen LogP contribution in [0.1, 0.15) is 19.8 Å². The van der Waals surface area contributed by atoms with E-state index in [0.29, 0.717) is 12.1 Å². The first-order valence-corrected chi connectivity index (χ1v) is 8.71. The second-order valence-electron chi connectivity index (χ2n) is 6.81. The summed E-state index contributed by atoms with van der Waals surface area (Å²) >= 11 is 0. The Labute approximate surface area is 143 Å². The molecular weight excluding hydrogens is 300 g/mol. The normalized spacial score (nSPS) is 28.6. The van der Waals surface area contributed by atoms with Gasteiger partial charge in [0, 0.05) is 30.0 Å². The third kappa shape index (κ3) is 2.84. The van der Waals surface area contributed by atoms with Crippen molar-refractivity contribution < 1.29 is 4.74 Å². The molecule has 2 aromatic rings. The molecule has 1 aromatic heterocycles. The molecule has 4 heterocycles. The van der Waals surface area contributed by atoms with Crippen LogP contribution in [0.25, 0.3) is 11.1 Å². The highest BCUT2D eigenvalue weighted by Gasteiger charge is 2.39. The minimum absolute atomic E-state index is 0.458. The van der Waals surface area contributed by atoms with Gasteiger partial charge < -0.3 is 10.1 Å². The van der Waals surface area contributed by atoms with Crippen LogP contribution in [0.15, 0.2) is 36.7 Å². The maximum absolute atomic E-state index is 5.20. The van der Waals surface area contributed by atoms with Gasteiger partial charge in [-0.05, 0) is 56.5 Å². The van der Waals surface area contributed by atoms with Gasteiger partial charge in [0.05, 0.1) is 7.11 Å². The lowest BCUT2D eigenvalue weighted by molar-refractivity contribution is 0.0455. The number of nitrogens with one attached hydrogen (secondary N) is 1. The molecule has 0 saturated carbocycles. The molecule has 0 radical (unpaired) electrons. The van der Waals surface area contributed by atoms with E-state index in [1.165, 1.54) is 25.9 Å². The zero-order valence-electron chi connectivity index (χ0n) is 14.3. The SMILES string of the molecule is COc1ccc(-c2cnc(NC3C4CCN(CC4)C3C)nc2)cc1. The third-order valence-electron chi connectivity index (χ3n) is 5.55. The molecule has 3 fully saturated rings. The van der Waals surface area contributed by atoms with E-state index in [-0.39, 0.29) is 0 Å². The summed E-state index contributed by atoms with van der Waals surface area (Å²) in [4.78, 5) is 11.6. The first kappa shape index (κ1) is 15.4. The van der Waals surface area contributed by atoms with Crippen molar-refractivity contribution in [3.05, 3.63) is 36.7 Å². The molecule has 1 N–H and O–H groups in total. The van der Waals surface area contributed by atoms with Crippen LogP contribution in [0.2, 0.25) is 0 Å². The minimum Gasteiger partial charge on any atom is -0.497 e. The lowest BCUT2D eigenvalue weighted by Gasteiger charge is -2.49. The Hall–Kier alpha value is -2.14. The van der Waals surface area contributed by atoms with Gasteiger partial charge in [-0.3, -0.25) is 4.90 Å². The average Bonchev–Trinajstić information content (AvgIpc) is 2.66. The first-order chi connectivity index (χ1) is 11.7. The Morgan fingerprint density at radius 2 is 1.71 bits per heavy atom. The highest BCUT2D eigenvalue weighted by molar-refractivity contribution is 5.62. The van der Waals surface area contributed by atoms with E-state index < -0.39 is 0 Å². The second-order valence-corrected chi connectivity index (χ2v) is 6.81. The molecule has 2 atom stereocenters. The predicted octanol–water partition coefficient (Wildman–Crippen LogP) is 3.05. The van der Waals surface area contributed by atoms with Gasteiger partial charge in [0.25, 0.3) is 0 Å². The van der Waals surface area contributed by atoms with Crippen molar-refractivity contribution in [1.82, 2.24) is 14.9 Å². The fourth-order valence-electron chi connectivity index (χ4n) is 4.03. The summed E-state index contributed by atoms with van der Waals surface area (Å²) < 4.78 is 5.20. The van der Waals surface area contributed by atoms with E-state index in [1.54, 1.807) is 7.11 Å². The number of fused-ring (bicyclic) bond motifs is 3. The average molecular weight is 324 g/mol. The van der Waals surface area contributed by atoms with Gasteiger partial charge in [0.15, 0.2) is 0 Å². The number of anilines is 1. The lowest BCUT2D eigenvalue weighted by atomic mass is 9.79. The summed E-state index contributed by atoms with van der Waals surface area (Å²) in [7, 11) is 1.67. The first-order valence-electron chi connectivity index (χ1n) is 8.71. The summed E-state index contributed by atoms with van der Waals surface area (Å²) in [6, 6.07) is 8.98. The maximum Gasteiger partial charge on any atom is 0.222 e. The monoisotopic (exact) mass is 324 g/mol. The zero-order chi connectivity index (χ0) is 16.5. The summed E-state index contributed by atoms with van der Waals surface area (Å²) in [6.07, 6.45) is 6.35. The van der Waals surface area contributed by atoms with Gasteiger partial charge in [-0.15, -0.1) is 0 Å². The Balaban J connectivity index is 1.47. The van der Waals surface area contributed by atoms with E-state index >= 15 is 0 Å². The van der Waals surface area contributed by atoms with Crippen molar-refractivity contribution in [2.45, 2.75) is 31.8 Å². The Morgan fingerprint density at radius 3 is 2.29 bits per heavy atom. The standard InChI is InChI=1S/C19H24N4O/c1-13-18(15-7-9-23(13)10-8-15)22-19-20-11-16(12-21-19)14-3-5-17(24-2)6-4-14/h3-6,11-13,15,18H,7-10H2,1-2H3,(H,20,21,22). The molecule has 5 heteroatoms. The molecule has 2 bridgehead atoms. The lowest BCUT2D eigenvalue weighted by Crippen LogP contribution is -2.59. The number of ether oxygens (including phenoxy) is 1. The quantitative estimate of drug-likeness (QED) is 0.937. The number of hydrogen-bond donors (Lipinski definition) is 1. The van der Waals surface area contributed by atoms with Crippen molar-refractivity contribution in [2.24, 2.45) is 5.92 Å². The molecule has 1 aromatic carbocycles. The van der Waals surface area contributed by atoms with Crippen LogP contribution in [0.3, 0.4) is 0 Å². The highest BCUT2D eigenvalue weighted by Crippen LogP contribution is 2.33. The number of hydrogen-bond acceptors (Lipinski definition) is 5. The Kier molecular flexibility index (Phi) is 4.10. The topological polar surface area (TPSA) is 50.3 Å². The molecule has 0 spiro atoms. The molecule has 3 aliphatic heterocycles. The van der Waals surface area contributed by atoms with Crippen LogP contribution < -0.4 is 10.1 Å². The van der Waals surface area contributed by atoms with E-state index in [4.69, 9.17) is 4.74 Å². The molecule has 5 rings (SSSR count). The van der Waals surface area contributed by atoms with Crippen molar-refractivity contribution in [3.8, 4) is 16.9 Å². The van der Waals surface area contributed by atoms with Crippen LogP contribution in [-0.2, 0) is 0 Å². The number of rotatable bonds is 4. The number of nitrogens with zero attached hydrogens (tertiary/aromatic N) is 3.